The lowest BCUT2D eigenvalue weighted by Gasteiger charge is -2.28. The second-order valence-electron chi connectivity index (χ2n) is 13.1. The number of anilines is 2. The maximum atomic E-state index is 5.40. The van der Waals surface area contributed by atoms with Crippen molar-refractivity contribution in [2.45, 2.75) is 31.2 Å². The van der Waals surface area contributed by atoms with E-state index in [1.54, 1.807) is 0 Å². The van der Waals surface area contributed by atoms with Crippen LogP contribution in [0.15, 0.2) is 157 Å². The highest BCUT2D eigenvalue weighted by atomic mass is 15.2. The molecule has 9 rings (SSSR count). The van der Waals surface area contributed by atoms with Gasteiger partial charge in [0.2, 0.25) is 0 Å². The zero-order valence-corrected chi connectivity index (χ0v) is 26.8. The minimum absolute atomic E-state index is 0.160. The molecule has 0 N–H and O–H groups in total. The molecule has 0 spiro atoms. The monoisotopic (exact) mass is 619 g/mol. The Morgan fingerprint density at radius 2 is 1.06 bits per heavy atom. The van der Waals surface area contributed by atoms with Crippen LogP contribution in [-0.4, -0.2) is 26.7 Å². The largest absolute Gasteiger partial charge is 0.333 e. The van der Waals surface area contributed by atoms with E-state index in [0.717, 1.165) is 33.8 Å². The fraction of sp³-hybridized carbons (Fsp3) is 0.116. The van der Waals surface area contributed by atoms with Gasteiger partial charge in [-0.15, -0.1) is 0 Å². The van der Waals surface area contributed by atoms with E-state index in [4.69, 9.17) is 19.9 Å². The molecule has 2 atom stereocenters. The van der Waals surface area contributed by atoms with Crippen LogP contribution in [0.1, 0.15) is 36.5 Å². The first kappa shape index (κ1) is 28.3. The van der Waals surface area contributed by atoms with Crippen LogP contribution >= 0.6 is 0 Å². The highest BCUT2D eigenvalue weighted by Gasteiger charge is 2.44. The van der Waals surface area contributed by atoms with Crippen molar-refractivity contribution in [3.63, 3.8) is 0 Å². The van der Waals surface area contributed by atoms with Crippen LogP contribution in [-0.2, 0) is 5.41 Å². The third-order valence-electron chi connectivity index (χ3n) is 9.83. The van der Waals surface area contributed by atoms with E-state index >= 15 is 0 Å². The highest BCUT2D eigenvalue weighted by molar-refractivity contribution is 6.13. The Bertz CT molecular complexity index is 2200. The van der Waals surface area contributed by atoms with Crippen LogP contribution in [0.4, 0.5) is 17.1 Å². The molecule has 5 aromatic carbocycles. The Balaban J connectivity index is 1.13. The van der Waals surface area contributed by atoms with Crippen LogP contribution < -0.4 is 4.90 Å². The number of rotatable bonds is 5. The van der Waals surface area contributed by atoms with Gasteiger partial charge in [0.15, 0.2) is 17.5 Å². The molecule has 0 saturated carbocycles. The quantitative estimate of drug-likeness (QED) is 0.193. The van der Waals surface area contributed by atoms with Crippen LogP contribution in [0.2, 0.25) is 0 Å². The van der Waals surface area contributed by atoms with E-state index in [2.05, 4.69) is 110 Å². The average molecular weight is 620 g/mol. The number of fused-ring (bicyclic) bond motifs is 5. The number of allylic oxidation sites excluding steroid dienone is 2. The second-order valence-corrected chi connectivity index (χ2v) is 13.1. The Labute approximate surface area is 280 Å². The minimum Gasteiger partial charge on any atom is -0.333 e. The molecule has 48 heavy (non-hydrogen) atoms. The van der Waals surface area contributed by atoms with Gasteiger partial charge >= 0.3 is 0 Å². The van der Waals surface area contributed by atoms with E-state index < -0.39 is 0 Å². The summed E-state index contributed by atoms with van der Waals surface area (Å²) in [6.45, 7) is 4.59. The SMILES string of the molecule is CC1(C)C(c2ccccc2)=Nc2c1ccc1c2C2C=CC=CC2N1c1ccc(-c2nc(-c3ccccc3)nc(-c3ccccc3)n2)cc1. The molecule has 3 heterocycles. The summed E-state index contributed by atoms with van der Waals surface area (Å²) in [4.78, 5) is 22.6. The first-order valence-electron chi connectivity index (χ1n) is 16.5. The van der Waals surface area contributed by atoms with Crippen molar-refractivity contribution < 1.29 is 0 Å². The Morgan fingerprint density at radius 1 is 0.542 bits per heavy atom. The van der Waals surface area contributed by atoms with E-state index in [-0.39, 0.29) is 17.4 Å². The standard InChI is InChI=1S/C43H33N5/c1-43(2)34-26-27-36-37(38(34)44-39(43)28-14-6-3-7-15-28)33-20-12-13-21-35(33)48(36)32-24-22-31(23-25-32)42-46-40(29-16-8-4-9-17-29)45-41(47-42)30-18-10-5-11-19-30/h3-27,33,35H,1-2H3. The van der Waals surface area contributed by atoms with Gasteiger partial charge < -0.3 is 4.90 Å². The second kappa shape index (κ2) is 11.1. The molecule has 5 heteroatoms. The number of hydrogen-bond donors (Lipinski definition) is 0. The topological polar surface area (TPSA) is 54.3 Å². The molecule has 1 aliphatic carbocycles. The molecular weight excluding hydrogens is 587 g/mol. The van der Waals surface area contributed by atoms with Gasteiger partial charge in [0.1, 0.15) is 0 Å². The Hall–Kier alpha value is -5.94. The number of nitrogens with zero attached hydrogens (tertiary/aromatic N) is 5. The smallest absolute Gasteiger partial charge is 0.164 e. The van der Waals surface area contributed by atoms with E-state index in [9.17, 15) is 0 Å². The van der Waals surface area contributed by atoms with Crippen LogP contribution in [0, 0.1) is 0 Å². The van der Waals surface area contributed by atoms with Crippen molar-refractivity contribution in [2.24, 2.45) is 4.99 Å². The van der Waals surface area contributed by atoms with Crippen LogP contribution in [0.25, 0.3) is 34.2 Å². The summed E-state index contributed by atoms with van der Waals surface area (Å²) in [5.41, 5.74) is 11.0. The third-order valence-corrected chi connectivity index (χ3v) is 9.83. The average Bonchev–Trinajstić information content (AvgIpc) is 3.63. The lowest BCUT2D eigenvalue weighted by atomic mass is 9.77. The minimum atomic E-state index is -0.188. The van der Waals surface area contributed by atoms with Crippen molar-refractivity contribution in [3.05, 3.63) is 168 Å². The van der Waals surface area contributed by atoms with Gasteiger partial charge in [-0.3, -0.25) is 4.99 Å². The number of aromatic nitrogens is 3. The summed E-state index contributed by atoms with van der Waals surface area (Å²) < 4.78 is 0. The van der Waals surface area contributed by atoms with Crippen LogP contribution in [0.3, 0.4) is 0 Å². The van der Waals surface area contributed by atoms with Crippen molar-refractivity contribution in [2.75, 3.05) is 4.90 Å². The summed E-state index contributed by atoms with van der Waals surface area (Å²) in [6.07, 6.45) is 8.99. The predicted octanol–water partition coefficient (Wildman–Crippen LogP) is 10.0. The molecule has 0 bridgehead atoms. The fourth-order valence-corrected chi connectivity index (χ4v) is 7.45. The maximum Gasteiger partial charge on any atom is 0.164 e. The summed E-state index contributed by atoms with van der Waals surface area (Å²) in [6, 6.07) is 44.2. The van der Waals surface area contributed by atoms with Crippen LogP contribution in [0.5, 0.6) is 0 Å². The summed E-state index contributed by atoms with van der Waals surface area (Å²) >= 11 is 0. The molecule has 230 valence electrons. The molecule has 2 unspecified atom stereocenters. The Morgan fingerprint density at radius 3 is 1.65 bits per heavy atom. The Kier molecular flexibility index (Phi) is 6.54. The molecule has 0 radical (unpaired) electrons. The van der Waals surface area contributed by atoms with E-state index in [0.29, 0.717) is 17.5 Å². The molecule has 5 nitrogen and oxygen atoms in total. The molecular formula is C43H33N5. The van der Waals surface area contributed by atoms with Gasteiger partial charge in [-0.2, -0.15) is 0 Å². The molecule has 0 amide bonds. The predicted molar refractivity (Wildman–Crippen MR) is 195 cm³/mol. The van der Waals surface area contributed by atoms with Gasteiger partial charge in [-0.25, -0.2) is 15.0 Å². The van der Waals surface area contributed by atoms with Crippen molar-refractivity contribution in [1.82, 2.24) is 15.0 Å². The first-order valence-corrected chi connectivity index (χ1v) is 16.5. The zero-order valence-electron chi connectivity index (χ0n) is 26.8. The summed E-state index contributed by atoms with van der Waals surface area (Å²) in [7, 11) is 0. The van der Waals surface area contributed by atoms with Gasteiger partial charge in [-0.1, -0.05) is 135 Å². The molecule has 3 aliphatic rings. The number of aliphatic imine (C=N–C) groups is 1. The maximum absolute atomic E-state index is 5.40. The van der Waals surface area contributed by atoms with Crippen molar-refractivity contribution in [1.29, 1.82) is 0 Å². The van der Waals surface area contributed by atoms with E-state index in [1.807, 2.05) is 60.7 Å². The summed E-state index contributed by atoms with van der Waals surface area (Å²) in [5, 5.41) is 0. The van der Waals surface area contributed by atoms with Gasteiger partial charge in [0.05, 0.1) is 17.4 Å². The lowest BCUT2D eigenvalue weighted by molar-refractivity contribution is 0.732. The molecule has 0 saturated heterocycles. The van der Waals surface area contributed by atoms with Gasteiger partial charge in [-0.05, 0) is 41.5 Å². The normalized spacial score (nSPS) is 18.3. The molecule has 1 aromatic heterocycles. The van der Waals surface area contributed by atoms with E-state index in [1.165, 1.54) is 22.4 Å². The van der Waals surface area contributed by atoms with Gasteiger partial charge in [0.25, 0.3) is 0 Å². The first-order chi connectivity index (χ1) is 23.6. The van der Waals surface area contributed by atoms with Crippen molar-refractivity contribution >= 4 is 22.8 Å². The third kappa shape index (κ3) is 4.54. The van der Waals surface area contributed by atoms with Crippen molar-refractivity contribution in [3.8, 4) is 34.2 Å². The van der Waals surface area contributed by atoms with Gasteiger partial charge in [0, 0.05) is 45.0 Å². The summed E-state index contributed by atoms with van der Waals surface area (Å²) in [5.74, 6) is 2.18. The molecule has 0 fully saturated rings. The number of benzene rings is 5. The molecule has 6 aromatic rings. The lowest BCUT2D eigenvalue weighted by Crippen LogP contribution is -2.28. The number of hydrogen-bond acceptors (Lipinski definition) is 5. The zero-order chi connectivity index (χ0) is 32.2. The molecule has 2 aliphatic heterocycles. The highest BCUT2D eigenvalue weighted by Crippen LogP contribution is 2.56. The fourth-order valence-electron chi connectivity index (χ4n) is 7.45.